The predicted octanol–water partition coefficient (Wildman–Crippen LogP) is 3.04. The van der Waals surface area contributed by atoms with Gasteiger partial charge in [0.25, 0.3) is 5.91 Å². The molecule has 3 N–H and O–H groups in total. The molecular weight excluding hydrogens is 529 g/mol. The Balaban J connectivity index is 1.25. The molecule has 2 aliphatic heterocycles. The first-order valence-electron chi connectivity index (χ1n) is 13.4. The van der Waals surface area contributed by atoms with Crippen LogP contribution < -0.4 is 5.73 Å². The van der Waals surface area contributed by atoms with Crippen LogP contribution in [0.5, 0.6) is 0 Å². The molecule has 3 atom stereocenters. The lowest BCUT2D eigenvalue weighted by Gasteiger charge is -2.38. The molecule has 2 fully saturated rings. The molecule has 13 nitrogen and oxygen atoms in total. The Morgan fingerprint density at radius 3 is 2.56 bits per heavy atom. The number of rotatable bonds is 6. The van der Waals surface area contributed by atoms with Crippen molar-refractivity contribution in [1.29, 1.82) is 0 Å². The summed E-state index contributed by atoms with van der Waals surface area (Å²) in [6, 6.07) is 5.37. The van der Waals surface area contributed by atoms with E-state index in [0.717, 1.165) is 18.4 Å². The van der Waals surface area contributed by atoms with Gasteiger partial charge >= 0.3 is 0 Å². The molecule has 41 heavy (non-hydrogen) atoms. The van der Waals surface area contributed by atoms with Crippen LogP contribution >= 0.6 is 0 Å². The number of alkyl halides is 1. The predicted molar refractivity (Wildman–Crippen MR) is 144 cm³/mol. The number of fused-ring (bicyclic) bond motifs is 3. The van der Waals surface area contributed by atoms with Gasteiger partial charge in [0.05, 0.1) is 23.1 Å². The first kappa shape index (κ1) is 25.0. The summed E-state index contributed by atoms with van der Waals surface area (Å²) in [5.41, 5.74) is 10.7. The zero-order valence-corrected chi connectivity index (χ0v) is 22.1. The Morgan fingerprint density at radius 1 is 1.12 bits per heavy atom. The molecule has 0 aliphatic carbocycles. The van der Waals surface area contributed by atoms with Crippen LogP contribution in [0.4, 0.5) is 10.2 Å². The molecule has 0 unspecified atom stereocenters. The smallest absolute Gasteiger partial charge is 0.292 e. The highest BCUT2D eigenvalue weighted by Crippen LogP contribution is 2.45. The van der Waals surface area contributed by atoms with Crippen LogP contribution in [-0.2, 0) is 6.80 Å². The molecule has 1 amide bonds. The van der Waals surface area contributed by atoms with Gasteiger partial charge in [-0.3, -0.25) is 14.6 Å². The van der Waals surface area contributed by atoms with E-state index in [9.17, 15) is 14.0 Å². The zero-order valence-electron chi connectivity index (χ0n) is 22.1. The third kappa shape index (κ3) is 4.05. The second-order valence-corrected chi connectivity index (χ2v) is 10.5. The van der Waals surface area contributed by atoms with E-state index in [0.29, 0.717) is 46.7 Å². The molecule has 7 heterocycles. The van der Waals surface area contributed by atoms with Crippen molar-refractivity contribution in [2.24, 2.45) is 0 Å². The number of H-pyrrole nitrogens is 1. The number of aromatic nitrogens is 9. The molecule has 0 radical (unpaired) electrons. The lowest BCUT2D eigenvalue weighted by molar-refractivity contribution is 0.0556. The lowest BCUT2D eigenvalue weighted by atomic mass is 9.85. The maximum Gasteiger partial charge on any atom is 0.292 e. The number of carbonyl (C=O) groups excluding carboxylic acids is 2. The Bertz CT molecular complexity index is 1760. The number of amides is 1. The Morgan fingerprint density at radius 2 is 1.93 bits per heavy atom. The first-order valence-corrected chi connectivity index (χ1v) is 13.4. The number of ketones is 1. The van der Waals surface area contributed by atoms with Crippen molar-refractivity contribution < 1.29 is 14.0 Å². The number of hydrogen-bond acceptors (Lipinski definition) is 9. The number of piperidine rings is 1. The van der Waals surface area contributed by atoms with Gasteiger partial charge in [0, 0.05) is 41.5 Å². The molecule has 14 heteroatoms. The second kappa shape index (κ2) is 9.57. The third-order valence-electron chi connectivity index (χ3n) is 8.14. The maximum atomic E-state index is 13.1. The number of halogens is 1. The van der Waals surface area contributed by atoms with Crippen molar-refractivity contribution in [3.8, 4) is 22.5 Å². The summed E-state index contributed by atoms with van der Waals surface area (Å²) in [5, 5.41) is 16.3. The number of nitrogens with zero attached hydrogens (tertiary/aromatic N) is 9. The lowest BCUT2D eigenvalue weighted by Crippen LogP contribution is -2.46. The molecule has 7 rings (SSSR count). The van der Waals surface area contributed by atoms with Crippen LogP contribution in [0.2, 0.25) is 0 Å². The highest BCUT2D eigenvalue weighted by molar-refractivity contribution is 6.00. The highest BCUT2D eigenvalue weighted by Gasteiger charge is 2.45. The minimum atomic E-state index is -0.712. The number of pyridine rings is 1. The van der Waals surface area contributed by atoms with Crippen LogP contribution in [0.1, 0.15) is 65.2 Å². The molecule has 0 spiro atoms. The fourth-order valence-electron chi connectivity index (χ4n) is 6.33. The molecule has 2 bridgehead atoms. The van der Waals surface area contributed by atoms with Gasteiger partial charge in [0.2, 0.25) is 5.82 Å². The van der Waals surface area contributed by atoms with Crippen molar-refractivity contribution in [2.75, 3.05) is 5.73 Å². The van der Waals surface area contributed by atoms with E-state index in [-0.39, 0.29) is 41.3 Å². The summed E-state index contributed by atoms with van der Waals surface area (Å²) >= 11 is 0. The van der Waals surface area contributed by atoms with Gasteiger partial charge < -0.3 is 15.6 Å². The van der Waals surface area contributed by atoms with E-state index in [1.165, 1.54) is 22.4 Å². The Kier molecular flexibility index (Phi) is 5.83. The highest BCUT2D eigenvalue weighted by atomic mass is 19.1. The number of nitrogens with one attached hydrogen (secondary N) is 1. The van der Waals surface area contributed by atoms with Crippen LogP contribution in [0, 0.1) is 0 Å². The average molecular weight is 556 g/mol. The quantitative estimate of drug-likeness (QED) is 0.299. The molecule has 5 aromatic rings. The topological polar surface area (TPSA) is 166 Å². The van der Waals surface area contributed by atoms with Crippen molar-refractivity contribution in [2.45, 2.75) is 57.4 Å². The number of nitrogen functional groups attached to an aromatic ring is 1. The van der Waals surface area contributed by atoms with Crippen LogP contribution in [0.3, 0.4) is 0 Å². The summed E-state index contributed by atoms with van der Waals surface area (Å²) < 4.78 is 15.6. The minimum absolute atomic E-state index is 0.00240. The number of anilines is 1. The Hall–Kier alpha value is -5.01. The largest absolute Gasteiger partial charge is 0.383 e. The first-order chi connectivity index (χ1) is 19.9. The molecule has 2 saturated heterocycles. The maximum absolute atomic E-state index is 13.1. The van der Waals surface area contributed by atoms with Crippen molar-refractivity contribution in [1.82, 2.24) is 49.4 Å². The van der Waals surface area contributed by atoms with Crippen molar-refractivity contribution >= 4 is 23.2 Å². The van der Waals surface area contributed by atoms with Crippen LogP contribution in [-0.4, -0.2) is 73.2 Å². The fourth-order valence-corrected chi connectivity index (χ4v) is 6.33. The summed E-state index contributed by atoms with van der Waals surface area (Å²) in [5.74, 6) is 0.0562. The number of Topliss-reactive ketones (excluding diaryl/α,β-unsaturated/α-hetero) is 1. The van der Waals surface area contributed by atoms with Gasteiger partial charge in [-0.05, 0) is 44.7 Å². The van der Waals surface area contributed by atoms with E-state index in [4.69, 9.17) is 10.7 Å². The van der Waals surface area contributed by atoms with Gasteiger partial charge in [0.15, 0.2) is 18.2 Å². The molecular formula is C27H26FN11O2. The summed E-state index contributed by atoms with van der Waals surface area (Å²) in [6.07, 6.45) is 9.35. The molecule has 2 aliphatic rings. The Labute approximate surface area is 232 Å². The molecule has 0 aromatic carbocycles. The monoisotopic (exact) mass is 555 g/mol. The molecule has 5 aromatic heterocycles. The van der Waals surface area contributed by atoms with E-state index >= 15 is 0 Å². The van der Waals surface area contributed by atoms with Crippen LogP contribution in [0.15, 0.2) is 43.1 Å². The van der Waals surface area contributed by atoms with Crippen molar-refractivity contribution in [3.05, 3.63) is 60.2 Å². The SMILES string of the molecule is CC(=O)c1c([C@H]2C[C@H]3CC[C@@H](C2)N3C(=O)c2nnc[nH]2)nc2c(-c3ccc(-c4ccn(CF)n4)nc3)cnn2c1N. The van der Waals surface area contributed by atoms with Gasteiger partial charge in [0.1, 0.15) is 17.8 Å². The van der Waals surface area contributed by atoms with Crippen molar-refractivity contribution in [3.63, 3.8) is 0 Å². The third-order valence-corrected chi connectivity index (χ3v) is 8.14. The van der Waals surface area contributed by atoms with Gasteiger partial charge in [-0.1, -0.05) is 6.07 Å². The van der Waals surface area contributed by atoms with Gasteiger partial charge in [-0.25, -0.2) is 14.1 Å². The number of hydrogen-bond donors (Lipinski definition) is 2. The van der Waals surface area contributed by atoms with Crippen LogP contribution in [0.25, 0.3) is 28.2 Å². The number of nitrogens with two attached hydrogens (primary N) is 1. The van der Waals surface area contributed by atoms with Gasteiger partial charge in [-0.15, -0.1) is 10.2 Å². The summed E-state index contributed by atoms with van der Waals surface area (Å²) in [7, 11) is 0. The molecule has 208 valence electrons. The molecule has 0 saturated carbocycles. The summed E-state index contributed by atoms with van der Waals surface area (Å²) in [6.45, 7) is 0.771. The minimum Gasteiger partial charge on any atom is -0.383 e. The summed E-state index contributed by atoms with van der Waals surface area (Å²) in [4.78, 5) is 40.2. The van der Waals surface area contributed by atoms with E-state index < -0.39 is 6.80 Å². The second-order valence-electron chi connectivity index (χ2n) is 10.5. The standard InChI is InChI=1S/C27H26FN11O2/c1-14(40)22-23(16-8-17-3-4-18(9-16)38(17)27(41)25-31-13-32-35-25)34-26-19(11-33-39(26)24(22)29)15-2-5-20(30-10-15)21-6-7-37(12-28)36-21/h2,5-7,10-11,13,16-18H,3-4,8-9,12,29H2,1H3,(H,31,32,35)/t16-,17+,18-. The van der Waals surface area contributed by atoms with E-state index in [2.05, 4.69) is 30.4 Å². The fraction of sp³-hybridized carbons (Fsp3) is 0.333. The van der Waals surface area contributed by atoms with E-state index in [1.807, 2.05) is 11.0 Å². The normalized spacial score (nSPS) is 20.1. The zero-order chi connectivity index (χ0) is 28.2. The van der Waals surface area contributed by atoms with Gasteiger partial charge in [-0.2, -0.15) is 14.7 Å². The number of carbonyl (C=O) groups is 2. The number of aromatic amines is 1. The average Bonchev–Trinajstić information content (AvgIpc) is 3.79. The van der Waals surface area contributed by atoms with E-state index in [1.54, 1.807) is 30.7 Å².